The van der Waals surface area contributed by atoms with Crippen LogP contribution in [0, 0.1) is 37.5 Å². The number of aryl methyl sites for hydroxylation is 2. The van der Waals surface area contributed by atoms with Gasteiger partial charge in [-0.2, -0.15) is 0 Å². The minimum Gasteiger partial charge on any atom is -0.452 e. The second-order valence-corrected chi connectivity index (χ2v) is 9.39. The van der Waals surface area contributed by atoms with Gasteiger partial charge >= 0.3 is 5.97 Å². The van der Waals surface area contributed by atoms with Crippen molar-refractivity contribution in [2.24, 2.45) is 23.7 Å². The molecule has 1 heterocycles. The Balaban J connectivity index is 1.25. The van der Waals surface area contributed by atoms with Crippen LogP contribution in [0.15, 0.2) is 42.5 Å². The number of carbonyl (C=O) groups excluding carboxylic acids is 4. The number of imide groups is 1. The van der Waals surface area contributed by atoms with E-state index in [4.69, 9.17) is 4.74 Å². The van der Waals surface area contributed by atoms with Gasteiger partial charge in [0, 0.05) is 5.69 Å². The van der Waals surface area contributed by atoms with Crippen LogP contribution in [0.25, 0.3) is 0 Å². The number of amides is 3. The van der Waals surface area contributed by atoms with Crippen LogP contribution < -0.4 is 10.2 Å². The molecule has 0 radical (unpaired) electrons. The minimum absolute atomic E-state index is 0.157. The lowest BCUT2D eigenvalue weighted by atomic mass is 9.81. The van der Waals surface area contributed by atoms with Gasteiger partial charge in [-0.25, -0.2) is 4.79 Å². The van der Waals surface area contributed by atoms with Crippen LogP contribution in [0.2, 0.25) is 0 Å². The molecule has 3 amide bonds. The van der Waals surface area contributed by atoms with Crippen LogP contribution in [-0.4, -0.2) is 30.3 Å². The summed E-state index contributed by atoms with van der Waals surface area (Å²) >= 11 is 0. The third-order valence-electron chi connectivity index (χ3n) is 7.26. The lowest BCUT2D eigenvalue weighted by Gasteiger charge is -2.19. The standard InChI is InChI=1S/C26H26N2O5/c1-14-6-9-20(15(2)10-14)27-21(29)13-33-26(32)18-4-3-5-19(12-18)28-24(30)22-16-7-8-17(11-16)23(22)25(28)31/h3-6,9-10,12,16-17,22-23H,7-8,11,13H2,1-2H3,(H,27,29)/t16-,17-,22+,23+/m0/s1. The number of carbonyl (C=O) groups is 4. The highest BCUT2D eigenvalue weighted by atomic mass is 16.5. The molecule has 3 aliphatic rings. The molecule has 2 bridgehead atoms. The highest BCUT2D eigenvalue weighted by molar-refractivity contribution is 6.22. The van der Waals surface area contributed by atoms with Crippen molar-refractivity contribution in [2.45, 2.75) is 33.1 Å². The molecule has 7 heteroatoms. The normalized spacial score (nSPS) is 25.3. The summed E-state index contributed by atoms with van der Waals surface area (Å²) in [4.78, 5) is 52.1. The number of ether oxygens (including phenoxy) is 1. The number of nitrogens with one attached hydrogen (secondary N) is 1. The van der Waals surface area contributed by atoms with Gasteiger partial charge in [-0.1, -0.05) is 23.8 Å². The van der Waals surface area contributed by atoms with Crippen molar-refractivity contribution in [1.82, 2.24) is 0 Å². The van der Waals surface area contributed by atoms with Gasteiger partial charge < -0.3 is 10.1 Å². The molecule has 1 saturated heterocycles. The highest BCUT2D eigenvalue weighted by Gasteiger charge is 2.61. The van der Waals surface area contributed by atoms with E-state index in [0.29, 0.717) is 23.2 Å². The number of fused-ring (bicyclic) bond motifs is 5. The summed E-state index contributed by atoms with van der Waals surface area (Å²) in [6.07, 6.45) is 2.99. The topological polar surface area (TPSA) is 92.8 Å². The Morgan fingerprint density at radius 1 is 1.00 bits per heavy atom. The van der Waals surface area contributed by atoms with Crippen LogP contribution in [0.5, 0.6) is 0 Å². The molecule has 2 aromatic rings. The van der Waals surface area contributed by atoms with Gasteiger partial charge in [-0.05, 0) is 74.8 Å². The fourth-order valence-corrected chi connectivity index (χ4v) is 5.79. The molecule has 7 nitrogen and oxygen atoms in total. The van der Waals surface area contributed by atoms with Crippen molar-refractivity contribution in [3.05, 3.63) is 59.2 Å². The van der Waals surface area contributed by atoms with Gasteiger partial charge in [0.05, 0.1) is 23.1 Å². The zero-order valence-corrected chi connectivity index (χ0v) is 18.7. The molecule has 0 unspecified atom stereocenters. The maximum atomic E-state index is 13.0. The first-order chi connectivity index (χ1) is 15.8. The maximum Gasteiger partial charge on any atom is 0.338 e. The van der Waals surface area contributed by atoms with Crippen molar-refractivity contribution in [3.63, 3.8) is 0 Å². The van der Waals surface area contributed by atoms with Crippen LogP contribution in [0.3, 0.4) is 0 Å². The summed E-state index contributed by atoms with van der Waals surface area (Å²) in [5.74, 6) is -1.30. The van der Waals surface area contributed by atoms with E-state index in [0.717, 1.165) is 30.4 Å². The fourth-order valence-electron chi connectivity index (χ4n) is 5.79. The molecule has 170 valence electrons. The summed E-state index contributed by atoms with van der Waals surface area (Å²) in [6, 6.07) is 12.0. The Hall–Kier alpha value is -3.48. The van der Waals surface area contributed by atoms with E-state index < -0.39 is 18.5 Å². The average molecular weight is 447 g/mol. The van der Waals surface area contributed by atoms with E-state index in [1.54, 1.807) is 24.3 Å². The maximum absolute atomic E-state index is 13.0. The molecule has 1 aliphatic heterocycles. The van der Waals surface area contributed by atoms with E-state index in [1.165, 1.54) is 11.0 Å². The van der Waals surface area contributed by atoms with Crippen LogP contribution >= 0.6 is 0 Å². The molecule has 33 heavy (non-hydrogen) atoms. The van der Waals surface area contributed by atoms with Crippen LogP contribution in [0.1, 0.15) is 40.7 Å². The molecule has 2 saturated carbocycles. The van der Waals surface area contributed by atoms with Crippen LogP contribution in [-0.2, 0) is 19.1 Å². The molecule has 0 aromatic heterocycles. The summed E-state index contributed by atoms with van der Waals surface area (Å²) < 4.78 is 5.18. The smallest absolute Gasteiger partial charge is 0.338 e. The Labute approximate surface area is 192 Å². The molecular weight excluding hydrogens is 420 g/mol. The van der Waals surface area contributed by atoms with Gasteiger partial charge in [0.2, 0.25) is 11.8 Å². The first-order valence-electron chi connectivity index (χ1n) is 11.4. The quantitative estimate of drug-likeness (QED) is 0.559. The van der Waals surface area contributed by atoms with Gasteiger partial charge in [0.1, 0.15) is 0 Å². The predicted molar refractivity (Wildman–Crippen MR) is 122 cm³/mol. The summed E-state index contributed by atoms with van der Waals surface area (Å²) in [5, 5.41) is 2.73. The number of rotatable bonds is 5. The molecule has 2 aromatic carbocycles. The molecular formula is C26H26N2O5. The Kier molecular flexibility index (Phi) is 5.27. The summed E-state index contributed by atoms with van der Waals surface area (Å²) in [6.45, 7) is 3.42. The first kappa shape index (κ1) is 21.4. The fraction of sp³-hybridized carbons (Fsp3) is 0.385. The average Bonchev–Trinajstić information content (AvgIpc) is 3.48. The number of hydrogen-bond acceptors (Lipinski definition) is 5. The van der Waals surface area contributed by atoms with Crippen LogP contribution in [0.4, 0.5) is 11.4 Å². The van der Waals surface area contributed by atoms with Crippen molar-refractivity contribution in [3.8, 4) is 0 Å². The van der Waals surface area contributed by atoms with Crippen molar-refractivity contribution in [2.75, 3.05) is 16.8 Å². The third-order valence-corrected chi connectivity index (χ3v) is 7.26. The SMILES string of the molecule is Cc1ccc(NC(=O)COC(=O)c2cccc(N3C(=O)[C@@H]4[C@H]5CC[C@@H](C5)[C@H]4C3=O)c2)c(C)c1. The van der Waals surface area contributed by atoms with Gasteiger partial charge in [0.25, 0.3) is 5.91 Å². The van der Waals surface area contributed by atoms with Crippen molar-refractivity contribution < 1.29 is 23.9 Å². The lowest BCUT2D eigenvalue weighted by molar-refractivity contribution is -0.123. The Morgan fingerprint density at radius 3 is 2.36 bits per heavy atom. The van der Waals surface area contributed by atoms with E-state index in [9.17, 15) is 19.2 Å². The zero-order chi connectivity index (χ0) is 23.3. The Morgan fingerprint density at radius 2 is 1.70 bits per heavy atom. The third kappa shape index (κ3) is 3.71. The van der Waals surface area contributed by atoms with E-state index in [2.05, 4.69) is 5.32 Å². The molecule has 5 rings (SSSR count). The van der Waals surface area contributed by atoms with Crippen molar-refractivity contribution >= 4 is 35.1 Å². The predicted octanol–water partition coefficient (Wildman–Crippen LogP) is 3.63. The summed E-state index contributed by atoms with van der Waals surface area (Å²) in [5.41, 5.74) is 3.23. The van der Waals surface area contributed by atoms with Gasteiger partial charge in [-0.3, -0.25) is 19.3 Å². The zero-order valence-electron chi connectivity index (χ0n) is 18.7. The minimum atomic E-state index is -0.688. The number of hydrogen-bond donors (Lipinski definition) is 1. The number of anilines is 2. The number of esters is 1. The highest BCUT2D eigenvalue weighted by Crippen LogP contribution is 2.56. The first-order valence-corrected chi connectivity index (χ1v) is 11.4. The number of nitrogens with zero attached hydrogens (tertiary/aromatic N) is 1. The largest absolute Gasteiger partial charge is 0.452 e. The molecule has 3 fully saturated rings. The molecule has 0 spiro atoms. The molecule has 4 atom stereocenters. The summed E-state index contributed by atoms with van der Waals surface area (Å²) in [7, 11) is 0. The van der Waals surface area contributed by atoms with E-state index >= 15 is 0 Å². The Bertz CT molecular complexity index is 1150. The monoisotopic (exact) mass is 446 g/mol. The molecule has 2 aliphatic carbocycles. The lowest BCUT2D eigenvalue weighted by Crippen LogP contribution is -2.32. The second kappa shape index (κ2) is 8.14. The molecule has 1 N–H and O–H groups in total. The van der Waals surface area contributed by atoms with Gasteiger partial charge in [-0.15, -0.1) is 0 Å². The van der Waals surface area contributed by atoms with E-state index in [-0.39, 0.29) is 29.2 Å². The number of benzene rings is 2. The van der Waals surface area contributed by atoms with Gasteiger partial charge in [0.15, 0.2) is 6.61 Å². The van der Waals surface area contributed by atoms with E-state index in [1.807, 2.05) is 26.0 Å². The second-order valence-electron chi connectivity index (χ2n) is 9.39. The van der Waals surface area contributed by atoms with Crippen molar-refractivity contribution in [1.29, 1.82) is 0 Å².